The van der Waals surface area contributed by atoms with Gasteiger partial charge in [0.2, 0.25) is 0 Å². The Labute approximate surface area is 186 Å². The van der Waals surface area contributed by atoms with Crippen molar-refractivity contribution in [1.29, 1.82) is 0 Å². The van der Waals surface area contributed by atoms with Crippen LogP contribution in [0.4, 0.5) is 5.00 Å². The fraction of sp³-hybridized carbons (Fsp3) is 0.280. The first kappa shape index (κ1) is 21.1. The van der Waals surface area contributed by atoms with Gasteiger partial charge in [-0.2, -0.15) is 0 Å². The normalized spacial score (nSPS) is 13.0. The van der Waals surface area contributed by atoms with Gasteiger partial charge in [0.1, 0.15) is 10.8 Å². The lowest BCUT2D eigenvalue weighted by Gasteiger charge is -2.26. The zero-order valence-corrected chi connectivity index (χ0v) is 18.6. The third kappa shape index (κ3) is 4.35. The van der Waals surface area contributed by atoms with E-state index in [1.165, 1.54) is 16.9 Å². The van der Waals surface area contributed by atoms with Crippen LogP contribution in [-0.2, 0) is 23.1 Å². The van der Waals surface area contributed by atoms with Crippen molar-refractivity contribution in [3.63, 3.8) is 0 Å². The number of benzene rings is 2. The highest BCUT2D eigenvalue weighted by Gasteiger charge is 2.26. The summed E-state index contributed by atoms with van der Waals surface area (Å²) in [7, 11) is 0. The molecule has 3 N–H and O–H groups in total. The monoisotopic (exact) mass is 434 g/mol. The molecule has 1 aliphatic rings. The van der Waals surface area contributed by atoms with Crippen molar-refractivity contribution in [1.82, 2.24) is 0 Å². The lowest BCUT2D eigenvalue weighted by molar-refractivity contribution is -0.118. The molecule has 2 amide bonds. The zero-order valence-electron chi connectivity index (χ0n) is 17.7. The zero-order chi connectivity index (χ0) is 22.0. The van der Waals surface area contributed by atoms with E-state index >= 15 is 0 Å². The summed E-state index contributed by atoms with van der Waals surface area (Å²) in [4.78, 5) is 25.4. The van der Waals surface area contributed by atoms with Crippen LogP contribution in [-0.4, -0.2) is 18.4 Å². The second-order valence-electron chi connectivity index (χ2n) is 8.28. The van der Waals surface area contributed by atoms with Gasteiger partial charge in [-0.15, -0.1) is 11.3 Å². The maximum atomic E-state index is 12.4. The van der Waals surface area contributed by atoms with Gasteiger partial charge in [-0.3, -0.25) is 9.59 Å². The van der Waals surface area contributed by atoms with E-state index in [4.69, 9.17) is 10.5 Å². The van der Waals surface area contributed by atoms with Gasteiger partial charge in [0.05, 0.1) is 5.56 Å². The number of amides is 2. The van der Waals surface area contributed by atoms with Crippen LogP contribution in [0.3, 0.4) is 0 Å². The lowest BCUT2D eigenvalue weighted by atomic mass is 9.78. The maximum absolute atomic E-state index is 12.4. The van der Waals surface area contributed by atoms with Crippen LogP contribution in [0, 0.1) is 0 Å². The summed E-state index contributed by atoms with van der Waals surface area (Å²) in [5, 5.41) is 3.34. The van der Waals surface area contributed by atoms with E-state index in [1.807, 2.05) is 42.5 Å². The number of thiophene rings is 1. The van der Waals surface area contributed by atoms with Gasteiger partial charge in [0, 0.05) is 10.3 Å². The lowest BCUT2D eigenvalue weighted by Crippen LogP contribution is -2.22. The van der Waals surface area contributed by atoms with E-state index < -0.39 is 5.91 Å². The van der Waals surface area contributed by atoms with Crippen LogP contribution in [0.1, 0.15) is 52.2 Å². The first-order valence-electron chi connectivity index (χ1n) is 10.4. The summed E-state index contributed by atoms with van der Waals surface area (Å²) in [5.74, 6) is -0.185. The number of rotatable bonds is 7. The smallest absolute Gasteiger partial charge is 0.262 e. The van der Waals surface area contributed by atoms with Crippen LogP contribution >= 0.6 is 11.3 Å². The molecule has 1 heterocycles. The summed E-state index contributed by atoms with van der Waals surface area (Å²) in [6, 6.07) is 18.1. The molecule has 6 heteroatoms. The Bertz CT molecular complexity index is 1100. The van der Waals surface area contributed by atoms with Gasteiger partial charge in [-0.05, 0) is 48.1 Å². The standard InChI is InChI=1S/C25H26N2O3S/c1-25(2,16-7-4-3-5-8-16)17-11-13-18(14-12-17)30-15-21(28)27-24-22(23(26)29)19-9-6-10-20(19)31-24/h3-5,7-8,11-14H,6,9-10,15H2,1-2H3,(H2,26,29)(H,27,28). The molecular formula is C25H26N2O3S. The minimum atomic E-state index is -0.493. The molecule has 0 atom stereocenters. The molecular weight excluding hydrogens is 408 g/mol. The molecule has 0 radical (unpaired) electrons. The van der Waals surface area contributed by atoms with E-state index in [-0.39, 0.29) is 17.9 Å². The molecule has 0 saturated carbocycles. The molecule has 0 bridgehead atoms. The average molecular weight is 435 g/mol. The maximum Gasteiger partial charge on any atom is 0.262 e. The number of hydrogen-bond donors (Lipinski definition) is 2. The minimum Gasteiger partial charge on any atom is -0.484 e. The SMILES string of the molecule is CC(C)(c1ccccc1)c1ccc(OCC(=O)Nc2sc3c(c2C(N)=O)CCC3)cc1. The molecule has 0 unspecified atom stereocenters. The van der Waals surface area contributed by atoms with Crippen LogP contribution < -0.4 is 15.8 Å². The molecule has 0 fully saturated rings. The van der Waals surface area contributed by atoms with Gasteiger partial charge in [-0.1, -0.05) is 56.3 Å². The van der Waals surface area contributed by atoms with Crippen molar-refractivity contribution in [2.75, 3.05) is 11.9 Å². The number of fused-ring (bicyclic) bond motifs is 1. The minimum absolute atomic E-state index is 0.137. The van der Waals surface area contributed by atoms with Crippen molar-refractivity contribution < 1.29 is 14.3 Å². The van der Waals surface area contributed by atoms with Crippen molar-refractivity contribution in [2.45, 2.75) is 38.5 Å². The van der Waals surface area contributed by atoms with E-state index in [9.17, 15) is 9.59 Å². The van der Waals surface area contributed by atoms with Gasteiger partial charge >= 0.3 is 0 Å². The number of primary amides is 1. The van der Waals surface area contributed by atoms with E-state index in [1.54, 1.807) is 0 Å². The Hall–Kier alpha value is -3.12. The Kier molecular flexibility index (Phi) is 5.83. The highest BCUT2D eigenvalue weighted by molar-refractivity contribution is 7.17. The topological polar surface area (TPSA) is 81.4 Å². The fourth-order valence-electron chi connectivity index (χ4n) is 4.05. The third-order valence-electron chi connectivity index (χ3n) is 5.86. The second-order valence-corrected chi connectivity index (χ2v) is 9.38. The first-order valence-corrected chi connectivity index (χ1v) is 11.2. The molecule has 0 spiro atoms. The molecule has 31 heavy (non-hydrogen) atoms. The third-order valence-corrected chi connectivity index (χ3v) is 7.07. The highest BCUT2D eigenvalue weighted by atomic mass is 32.1. The summed E-state index contributed by atoms with van der Waals surface area (Å²) in [5.41, 5.74) is 9.25. The summed E-state index contributed by atoms with van der Waals surface area (Å²) < 4.78 is 5.67. The molecule has 3 aromatic rings. The second kappa shape index (κ2) is 8.55. The Morgan fingerprint density at radius 2 is 1.71 bits per heavy atom. The summed E-state index contributed by atoms with van der Waals surface area (Å²) in [6.07, 6.45) is 2.79. The number of nitrogens with one attached hydrogen (secondary N) is 1. The molecule has 5 nitrogen and oxygen atoms in total. The largest absolute Gasteiger partial charge is 0.484 e. The summed E-state index contributed by atoms with van der Waals surface area (Å²) in [6.45, 7) is 4.23. The van der Waals surface area contributed by atoms with Crippen LogP contribution in [0.5, 0.6) is 5.75 Å². The molecule has 160 valence electrons. The highest BCUT2D eigenvalue weighted by Crippen LogP contribution is 2.38. The number of ether oxygens (including phenoxy) is 1. The average Bonchev–Trinajstić information content (AvgIpc) is 3.33. The van der Waals surface area contributed by atoms with Crippen molar-refractivity contribution in [2.24, 2.45) is 5.73 Å². The van der Waals surface area contributed by atoms with Gasteiger partial charge in [0.25, 0.3) is 11.8 Å². The van der Waals surface area contributed by atoms with Crippen molar-refractivity contribution in [3.8, 4) is 5.75 Å². The Balaban J connectivity index is 1.39. The van der Waals surface area contributed by atoms with Crippen molar-refractivity contribution >= 4 is 28.2 Å². The van der Waals surface area contributed by atoms with Gasteiger partial charge in [-0.25, -0.2) is 0 Å². The molecule has 0 aliphatic heterocycles. The van der Waals surface area contributed by atoms with E-state index in [2.05, 4.69) is 31.3 Å². The Morgan fingerprint density at radius 3 is 2.39 bits per heavy atom. The van der Waals surface area contributed by atoms with Crippen molar-refractivity contribution in [3.05, 3.63) is 81.7 Å². The van der Waals surface area contributed by atoms with E-state index in [0.29, 0.717) is 16.3 Å². The molecule has 4 rings (SSSR count). The van der Waals surface area contributed by atoms with Crippen LogP contribution in [0.15, 0.2) is 54.6 Å². The van der Waals surface area contributed by atoms with E-state index in [0.717, 1.165) is 35.3 Å². The van der Waals surface area contributed by atoms with Gasteiger partial charge in [0.15, 0.2) is 6.61 Å². The first-order chi connectivity index (χ1) is 14.9. The number of nitrogens with two attached hydrogens (primary N) is 1. The van der Waals surface area contributed by atoms with Gasteiger partial charge < -0.3 is 15.8 Å². The molecule has 2 aromatic carbocycles. The molecule has 1 aromatic heterocycles. The quantitative estimate of drug-likeness (QED) is 0.567. The fourth-order valence-corrected chi connectivity index (χ4v) is 5.36. The Morgan fingerprint density at radius 1 is 1.03 bits per heavy atom. The number of aryl methyl sites for hydroxylation is 1. The number of hydrogen-bond acceptors (Lipinski definition) is 4. The van der Waals surface area contributed by atoms with Crippen LogP contribution in [0.2, 0.25) is 0 Å². The number of carbonyl (C=O) groups excluding carboxylic acids is 2. The predicted molar refractivity (Wildman–Crippen MR) is 124 cm³/mol. The van der Waals surface area contributed by atoms with Crippen LogP contribution in [0.25, 0.3) is 0 Å². The molecule has 0 saturated heterocycles. The predicted octanol–water partition coefficient (Wildman–Crippen LogP) is 4.68. The number of anilines is 1. The molecule has 1 aliphatic carbocycles. The number of carbonyl (C=O) groups is 2. The summed E-state index contributed by atoms with van der Waals surface area (Å²) >= 11 is 1.44.